The maximum Gasteiger partial charge on any atom is 0.119 e. The molecule has 3 unspecified atom stereocenters. The van der Waals surface area contributed by atoms with Crippen LogP contribution in [0.4, 0.5) is 0 Å². The number of likely N-dealkylation sites (tertiary alicyclic amines) is 1. The Labute approximate surface area is 152 Å². The number of hydrogen-bond acceptors (Lipinski definition) is 4. The summed E-state index contributed by atoms with van der Waals surface area (Å²) >= 11 is 0. The molecule has 3 atom stereocenters. The summed E-state index contributed by atoms with van der Waals surface area (Å²) in [7, 11) is 1.66. The standard InChI is InChI=1S/C21H34N2O2/c1-16-6-3-4-9-20(16)23-12-10-18(11-13-23)22-15-21(24)17-7-5-8-19(14-17)25-2/h5,7-8,14,16,18,20-22,24H,3-4,6,9-13,15H2,1-2H3. The number of methoxy groups -OCH3 is 1. The summed E-state index contributed by atoms with van der Waals surface area (Å²) in [6.45, 7) is 5.43. The Bertz CT molecular complexity index is 528. The maximum absolute atomic E-state index is 10.4. The van der Waals surface area contributed by atoms with E-state index in [4.69, 9.17) is 4.74 Å². The van der Waals surface area contributed by atoms with E-state index in [2.05, 4.69) is 17.1 Å². The molecule has 2 aliphatic rings. The third-order valence-electron chi connectivity index (χ3n) is 6.14. The first-order valence-electron chi connectivity index (χ1n) is 9.97. The highest BCUT2D eigenvalue weighted by molar-refractivity contribution is 5.29. The summed E-state index contributed by atoms with van der Waals surface area (Å²) in [4.78, 5) is 2.72. The van der Waals surface area contributed by atoms with Crippen molar-refractivity contribution in [3.8, 4) is 5.75 Å². The molecule has 0 spiro atoms. The molecule has 25 heavy (non-hydrogen) atoms. The summed E-state index contributed by atoms with van der Waals surface area (Å²) < 4.78 is 5.24. The smallest absolute Gasteiger partial charge is 0.119 e. The minimum atomic E-state index is -0.480. The van der Waals surface area contributed by atoms with Crippen LogP contribution in [-0.2, 0) is 0 Å². The molecule has 1 aromatic rings. The van der Waals surface area contributed by atoms with Crippen LogP contribution in [-0.4, -0.2) is 48.8 Å². The third kappa shape index (κ3) is 4.96. The van der Waals surface area contributed by atoms with E-state index in [1.165, 1.54) is 51.6 Å². The molecule has 1 aliphatic carbocycles. The van der Waals surface area contributed by atoms with Gasteiger partial charge in [-0.3, -0.25) is 0 Å². The van der Waals surface area contributed by atoms with Gasteiger partial charge in [-0.15, -0.1) is 0 Å². The average molecular weight is 347 g/mol. The van der Waals surface area contributed by atoms with Crippen LogP contribution >= 0.6 is 0 Å². The van der Waals surface area contributed by atoms with Crippen LogP contribution in [0.25, 0.3) is 0 Å². The number of rotatable bonds is 6. The summed E-state index contributed by atoms with van der Waals surface area (Å²) in [6, 6.07) is 9.04. The molecule has 0 aromatic heterocycles. The van der Waals surface area contributed by atoms with Crippen molar-refractivity contribution in [1.82, 2.24) is 10.2 Å². The van der Waals surface area contributed by atoms with Crippen LogP contribution in [0.2, 0.25) is 0 Å². The predicted octanol–water partition coefficient (Wildman–Crippen LogP) is 3.36. The van der Waals surface area contributed by atoms with Crippen LogP contribution < -0.4 is 10.1 Å². The molecule has 0 radical (unpaired) electrons. The monoisotopic (exact) mass is 346 g/mol. The number of aliphatic hydroxyl groups excluding tert-OH is 1. The maximum atomic E-state index is 10.4. The molecule has 0 amide bonds. The number of piperidine rings is 1. The molecule has 1 saturated heterocycles. The highest BCUT2D eigenvalue weighted by Gasteiger charge is 2.30. The van der Waals surface area contributed by atoms with Crippen molar-refractivity contribution < 1.29 is 9.84 Å². The van der Waals surface area contributed by atoms with Crippen molar-refractivity contribution in [2.75, 3.05) is 26.7 Å². The van der Waals surface area contributed by atoms with E-state index in [1.54, 1.807) is 7.11 Å². The van der Waals surface area contributed by atoms with Gasteiger partial charge in [0.05, 0.1) is 13.2 Å². The fourth-order valence-electron chi connectivity index (χ4n) is 4.52. The number of benzene rings is 1. The van der Waals surface area contributed by atoms with Gasteiger partial charge in [0, 0.05) is 18.6 Å². The first kappa shape index (κ1) is 18.7. The van der Waals surface area contributed by atoms with E-state index in [1.807, 2.05) is 24.3 Å². The van der Waals surface area contributed by atoms with Crippen molar-refractivity contribution in [1.29, 1.82) is 0 Å². The first-order chi connectivity index (χ1) is 12.2. The Morgan fingerprint density at radius 1 is 1.20 bits per heavy atom. The lowest BCUT2D eigenvalue weighted by Crippen LogP contribution is -2.49. The van der Waals surface area contributed by atoms with Gasteiger partial charge in [0.25, 0.3) is 0 Å². The number of ether oxygens (including phenoxy) is 1. The van der Waals surface area contributed by atoms with E-state index in [-0.39, 0.29) is 0 Å². The largest absolute Gasteiger partial charge is 0.497 e. The number of hydrogen-bond donors (Lipinski definition) is 2. The Hall–Kier alpha value is -1.10. The van der Waals surface area contributed by atoms with Crippen LogP contribution in [0.1, 0.15) is 57.1 Å². The van der Waals surface area contributed by atoms with E-state index in [0.29, 0.717) is 12.6 Å². The molecular weight excluding hydrogens is 312 g/mol. The Balaban J connectivity index is 1.43. The van der Waals surface area contributed by atoms with Crippen LogP contribution in [0.5, 0.6) is 5.75 Å². The topological polar surface area (TPSA) is 44.7 Å². The molecular formula is C21H34N2O2. The lowest BCUT2D eigenvalue weighted by molar-refractivity contribution is 0.0779. The second-order valence-electron chi connectivity index (χ2n) is 7.84. The molecule has 1 aromatic carbocycles. The van der Waals surface area contributed by atoms with Gasteiger partial charge in [-0.25, -0.2) is 0 Å². The summed E-state index contributed by atoms with van der Waals surface area (Å²) in [6.07, 6.45) is 7.50. The van der Waals surface area contributed by atoms with Crippen molar-refractivity contribution in [3.63, 3.8) is 0 Å². The SMILES string of the molecule is COc1cccc(C(O)CNC2CCN(C3CCCCC3C)CC2)c1. The molecule has 4 heteroatoms. The Morgan fingerprint density at radius 3 is 2.68 bits per heavy atom. The van der Waals surface area contributed by atoms with Crippen molar-refractivity contribution >= 4 is 0 Å². The van der Waals surface area contributed by atoms with Crippen LogP contribution in [0, 0.1) is 5.92 Å². The number of nitrogens with one attached hydrogen (secondary N) is 1. The Morgan fingerprint density at radius 2 is 1.96 bits per heavy atom. The van der Waals surface area contributed by atoms with Gasteiger partial charge in [-0.2, -0.15) is 0 Å². The van der Waals surface area contributed by atoms with Crippen molar-refractivity contribution in [2.45, 2.75) is 63.6 Å². The number of nitrogens with zero attached hydrogens (tertiary/aromatic N) is 1. The normalized spacial score (nSPS) is 27.2. The van der Waals surface area contributed by atoms with E-state index in [0.717, 1.165) is 23.3 Å². The molecule has 2 fully saturated rings. The van der Waals surface area contributed by atoms with Crippen molar-refractivity contribution in [3.05, 3.63) is 29.8 Å². The van der Waals surface area contributed by atoms with Gasteiger partial charge in [-0.1, -0.05) is 31.9 Å². The minimum absolute atomic E-state index is 0.480. The summed E-state index contributed by atoms with van der Waals surface area (Å²) in [5, 5.41) is 14.0. The van der Waals surface area contributed by atoms with Gasteiger partial charge in [-0.05, 0) is 62.4 Å². The zero-order valence-corrected chi connectivity index (χ0v) is 15.8. The van der Waals surface area contributed by atoms with Crippen molar-refractivity contribution in [2.24, 2.45) is 5.92 Å². The highest BCUT2D eigenvalue weighted by Crippen LogP contribution is 2.30. The molecule has 4 nitrogen and oxygen atoms in total. The third-order valence-corrected chi connectivity index (χ3v) is 6.14. The van der Waals surface area contributed by atoms with Gasteiger partial charge in [0.2, 0.25) is 0 Å². The summed E-state index contributed by atoms with van der Waals surface area (Å²) in [5.74, 6) is 1.65. The highest BCUT2D eigenvalue weighted by atomic mass is 16.5. The zero-order chi connectivity index (χ0) is 17.6. The quantitative estimate of drug-likeness (QED) is 0.829. The molecule has 1 saturated carbocycles. The zero-order valence-electron chi connectivity index (χ0n) is 15.8. The lowest BCUT2D eigenvalue weighted by Gasteiger charge is -2.42. The van der Waals surface area contributed by atoms with Gasteiger partial charge in [0.1, 0.15) is 5.75 Å². The van der Waals surface area contributed by atoms with E-state index in [9.17, 15) is 5.11 Å². The van der Waals surface area contributed by atoms with Gasteiger partial charge in [0.15, 0.2) is 0 Å². The van der Waals surface area contributed by atoms with E-state index >= 15 is 0 Å². The second-order valence-corrected chi connectivity index (χ2v) is 7.84. The van der Waals surface area contributed by atoms with Crippen LogP contribution in [0.15, 0.2) is 24.3 Å². The van der Waals surface area contributed by atoms with Gasteiger partial charge < -0.3 is 20.1 Å². The number of aliphatic hydroxyl groups is 1. The lowest BCUT2D eigenvalue weighted by atomic mass is 9.84. The summed E-state index contributed by atoms with van der Waals surface area (Å²) in [5.41, 5.74) is 0.917. The van der Waals surface area contributed by atoms with Crippen LogP contribution in [0.3, 0.4) is 0 Å². The van der Waals surface area contributed by atoms with Gasteiger partial charge >= 0.3 is 0 Å². The molecule has 2 N–H and O–H groups in total. The molecule has 0 bridgehead atoms. The minimum Gasteiger partial charge on any atom is -0.497 e. The predicted molar refractivity (Wildman–Crippen MR) is 102 cm³/mol. The molecule has 1 aliphatic heterocycles. The Kier molecular flexibility index (Phi) is 6.74. The second kappa shape index (κ2) is 9.02. The molecule has 3 rings (SSSR count). The first-order valence-corrected chi connectivity index (χ1v) is 9.97. The fraction of sp³-hybridized carbons (Fsp3) is 0.714. The van der Waals surface area contributed by atoms with E-state index < -0.39 is 6.10 Å². The molecule has 140 valence electrons. The fourth-order valence-corrected chi connectivity index (χ4v) is 4.52. The molecule has 1 heterocycles. The average Bonchev–Trinajstić information content (AvgIpc) is 2.67.